The van der Waals surface area contributed by atoms with Crippen molar-refractivity contribution in [3.8, 4) is 0 Å². The second-order valence-corrected chi connectivity index (χ2v) is 7.59. The first-order valence-electron chi connectivity index (χ1n) is 8.70. The van der Waals surface area contributed by atoms with Crippen LogP contribution in [0.2, 0.25) is 0 Å². The molecular weight excluding hydrogens is 232 g/mol. The lowest BCUT2D eigenvalue weighted by atomic mass is 9.82. The van der Waals surface area contributed by atoms with Crippen LogP contribution in [-0.4, -0.2) is 48.1 Å². The number of fused-ring (bicyclic) bond motifs is 1. The highest BCUT2D eigenvalue weighted by Crippen LogP contribution is 2.31. The molecule has 2 nitrogen and oxygen atoms in total. The fourth-order valence-corrected chi connectivity index (χ4v) is 4.72. The third-order valence-corrected chi connectivity index (χ3v) is 5.85. The number of hydrogen-bond donors (Lipinski definition) is 0. The third kappa shape index (κ3) is 3.33. The van der Waals surface area contributed by atoms with E-state index in [9.17, 15) is 0 Å². The quantitative estimate of drug-likeness (QED) is 0.754. The van der Waals surface area contributed by atoms with Crippen molar-refractivity contribution >= 4 is 0 Å². The Morgan fingerprint density at radius 3 is 2.68 bits per heavy atom. The van der Waals surface area contributed by atoms with Gasteiger partial charge in [-0.25, -0.2) is 0 Å². The first kappa shape index (κ1) is 13.9. The van der Waals surface area contributed by atoms with Gasteiger partial charge in [0.1, 0.15) is 0 Å². The maximum Gasteiger partial charge on any atom is 0.0223 e. The van der Waals surface area contributed by atoms with Crippen molar-refractivity contribution in [3.63, 3.8) is 0 Å². The summed E-state index contributed by atoms with van der Waals surface area (Å²) in [6, 6.07) is 1.66. The Morgan fingerprint density at radius 2 is 1.84 bits per heavy atom. The Bertz CT molecular complexity index is 291. The number of piperazine rings is 1. The second-order valence-electron chi connectivity index (χ2n) is 7.59. The van der Waals surface area contributed by atoms with E-state index in [0.717, 1.165) is 23.9 Å². The molecule has 0 amide bonds. The fourth-order valence-electron chi connectivity index (χ4n) is 4.72. The second kappa shape index (κ2) is 6.13. The van der Waals surface area contributed by atoms with Gasteiger partial charge in [-0.1, -0.05) is 26.2 Å². The molecule has 19 heavy (non-hydrogen) atoms. The van der Waals surface area contributed by atoms with E-state index in [2.05, 4.69) is 23.6 Å². The molecule has 0 aromatic heterocycles. The van der Waals surface area contributed by atoms with Crippen LogP contribution in [0.15, 0.2) is 0 Å². The van der Waals surface area contributed by atoms with Crippen LogP contribution in [0.3, 0.4) is 0 Å². The molecule has 1 aliphatic carbocycles. The van der Waals surface area contributed by atoms with Crippen molar-refractivity contribution in [2.75, 3.05) is 26.2 Å². The molecule has 0 aromatic rings. The molecule has 2 aliphatic heterocycles. The molecule has 2 heterocycles. The van der Waals surface area contributed by atoms with Crippen LogP contribution in [0.4, 0.5) is 0 Å². The Hall–Kier alpha value is -0.0800. The van der Waals surface area contributed by atoms with Crippen LogP contribution < -0.4 is 0 Å². The number of nitrogens with zero attached hydrogens (tertiary/aromatic N) is 2. The van der Waals surface area contributed by atoms with Gasteiger partial charge in [-0.3, -0.25) is 9.80 Å². The van der Waals surface area contributed by atoms with Gasteiger partial charge in [-0.15, -0.1) is 0 Å². The average Bonchev–Trinajstić information content (AvgIpc) is 2.40. The Kier molecular flexibility index (Phi) is 4.48. The lowest BCUT2D eigenvalue weighted by molar-refractivity contribution is 0.00330. The summed E-state index contributed by atoms with van der Waals surface area (Å²) in [5.41, 5.74) is 0. The van der Waals surface area contributed by atoms with E-state index in [-0.39, 0.29) is 0 Å². The maximum atomic E-state index is 2.83. The summed E-state index contributed by atoms with van der Waals surface area (Å²) in [6.45, 7) is 10.3. The molecule has 1 saturated carbocycles. The van der Waals surface area contributed by atoms with Gasteiger partial charge in [0.05, 0.1) is 0 Å². The largest absolute Gasteiger partial charge is 0.298 e. The monoisotopic (exact) mass is 264 g/mol. The molecule has 2 heteroatoms. The molecule has 4 unspecified atom stereocenters. The van der Waals surface area contributed by atoms with Crippen LogP contribution in [0.5, 0.6) is 0 Å². The summed E-state index contributed by atoms with van der Waals surface area (Å²) < 4.78 is 0. The first-order chi connectivity index (χ1) is 9.22. The summed E-state index contributed by atoms with van der Waals surface area (Å²) in [5, 5.41) is 0. The van der Waals surface area contributed by atoms with Crippen molar-refractivity contribution in [3.05, 3.63) is 0 Å². The zero-order valence-corrected chi connectivity index (χ0v) is 13.0. The SMILES string of the molecule is CC1CCCC(CN2CC3CCCCN3CC2C)C1. The molecule has 0 radical (unpaired) electrons. The molecule has 3 fully saturated rings. The normalized spacial score (nSPS) is 42.0. The minimum atomic E-state index is 0.784. The summed E-state index contributed by atoms with van der Waals surface area (Å²) in [4.78, 5) is 5.60. The van der Waals surface area contributed by atoms with E-state index in [1.165, 1.54) is 71.1 Å². The van der Waals surface area contributed by atoms with Crippen LogP contribution in [-0.2, 0) is 0 Å². The minimum absolute atomic E-state index is 0.784. The highest BCUT2D eigenvalue weighted by Gasteiger charge is 2.34. The lowest BCUT2D eigenvalue weighted by Gasteiger charge is -2.48. The zero-order valence-electron chi connectivity index (χ0n) is 13.0. The molecule has 2 saturated heterocycles. The lowest BCUT2D eigenvalue weighted by Crippen LogP contribution is -2.59. The topological polar surface area (TPSA) is 6.48 Å². The molecule has 110 valence electrons. The summed E-state index contributed by atoms with van der Waals surface area (Å²) in [7, 11) is 0. The summed E-state index contributed by atoms with van der Waals surface area (Å²) in [6.07, 6.45) is 10.3. The van der Waals surface area contributed by atoms with Gasteiger partial charge in [0.15, 0.2) is 0 Å². The van der Waals surface area contributed by atoms with Gasteiger partial charge >= 0.3 is 0 Å². The maximum absolute atomic E-state index is 2.83. The molecule has 3 rings (SSSR count). The van der Waals surface area contributed by atoms with Gasteiger partial charge in [0.2, 0.25) is 0 Å². The van der Waals surface area contributed by atoms with Gasteiger partial charge in [-0.05, 0) is 51.0 Å². The van der Waals surface area contributed by atoms with E-state index in [1.807, 2.05) is 0 Å². The van der Waals surface area contributed by atoms with Crippen molar-refractivity contribution in [1.29, 1.82) is 0 Å². The highest BCUT2D eigenvalue weighted by molar-refractivity contribution is 4.90. The van der Waals surface area contributed by atoms with Gasteiger partial charge in [-0.2, -0.15) is 0 Å². The number of rotatable bonds is 2. The smallest absolute Gasteiger partial charge is 0.0223 e. The summed E-state index contributed by atoms with van der Waals surface area (Å²) >= 11 is 0. The van der Waals surface area contributed by atoms with E-state index in [1.54, 1.807) is 0 Å². The van der Waals surface area contributed by atoms with Crippen molar-refractivity contribution < 1.29 is 0 Å². The number of hydrogen-bond acceptors (Lipinski definition) is 2. The molecule has 3 aliphatic rings. The van der Waals surface area contributed by atoms with E-state index in [4.69, 9.17) is 0 Å². The van der Waals surface area contributed by atoms with Gasteiger partial charge in [0.25, 0.3) is 0 Å². The molecule has 0 bridgehead atoms. The molecule has 0 spiro atoms. The van der Waals surface area contributed by atoms with E-state index < -0.39 is 0 Å². The van der Waals surface area contributed by atoms with Crippen LogP contribution >= 0.6 is 0 Å². The van der Waals surface area contributed by atoms with Crippen molar-refractivity contribution in [2.24, 2.45) is 11.8 Å². The molecule has 0 N–H and O–H groups in total. The Balaban J connectivity index is 1.55. The van der Waals surface area contributed by atoms with Crippen LogP contribution in [0.25, 0.3) is 0 Å². The predicted octanol–water partition coefficient (Wildman–Crippen LogP) is 3.37. The molecule has 4 atom stereocenters. The molecular formula is C17H32N2. The third-order valence-electron chi connectivity index (χ3n) is 5.85. The van der Waals surface area contributed by atoms with E-state index >= 15 is 0 Å². The molecule has 0 aromatic carbocycles. The first-order valence-corrected chi connectivity index (χ1v) is 8.70. The van der Waals surface area contributed by atoms with Crippen molar-refractivity contribution in [1.82, 2.24) is 9.80 Å². The van der Waals surface area contributed by atoms with Crippen LogP contribution in [0, 0.1) is 11.8 Å². The van der Waals surface area contributed by atoms with Crippen LogP contribution in [0.1, 0.15) is 58.8 Å². The minimum Gasteiger partial charge on any atom is -0.298 e. The highest BCUT2D eigenvalue weighted by atomic mass is 15.3. The summed E-state index contributed by atoms with van der Waals surface area (Å²) in [5.74, 6) is 1.96. The standard InChI is InChI=1S/C17H32N2/c1-14-6-5-7-16(10-14)12-19-13-17-8-3-4-9-18(17)11-15(19)2/h14-17H,3-13H2,1-2H3. The van der Waals surface area contributed by atoms with Gasteiger partial charge in [0, 0.05) is 31.7 Å². The number of piperidine rings is 1. The zero-order chi connectivity index (χ0) is 13.2. The Morgan fingerprint density at radius 1 is 0.947 bits per heavy atom. The van der Waals surface area contributed by atoms with E-state index in [0.29, 0.717) is 0 Å². The predicted molar refractivity (Wildman–Crippen MR) is 81.4 cm³/mol. The van der Waals surface area contributed by atoms with Crippen molar-refractivity contribution in [2.45, 2.75) is 70.9 Å². The Labute approximate surface area is 119 Å². The van der Waals surface area contributed by atoms with Gasteiger partial charge < -0.3 is 0 Å². The average molecular weight is 264 g/mol. The fraction of sp³-hybridized carbons (Fsp3) is 1.00.